The van der Waals surface area contributed by atoms with E-state index in [4.69, 9.17) is 14.2 Å². The highest BCUT2D eigenvalue weighted by Crippen LogP contribution is 2.36. The third-order valence-electron chi connectivity index (χ3n) is 6.36. The average Bonchev–Trinajstić information content (AvgIpc) is 3.04. The molecule has 0 unspecified atom stereocenters. The number of amides is 2. The maximum atomic E-state index is 13.8. The fourth-order valence-electron chi connectivity index (χ4n) is 4.61. The summed E-state index contributed by atoms with van der Waals surface area (Å²) in [7, 11) is 4.88. The Morgan fingerprint density at radius 3 is 1.94 bits per heavy atom. The molecule has 2 amide bonds. The van der Waals surface area contributed by atoms with Gasteiger partial charge >= 0.3 is 0 Å². The number of hydrogen-bond acceptors (Lipinski definition) is 6. The van der Waals surface area contributed by atoms with E-state index in [0.29, 0.717) is 43.3 Å². The van der Waals surface area contributed by atoms with Crippen molar-refractivity contribution in [2.75, 3.05) is 47.6 Å². The summed E-state index contributed by atoms with van der Waals surface area (Å²) in [5.41, 5.74) is 1.65. The Balaban J connectivity index is 2.02. The molecule has 1 aromatic rings. The summed E-state index contributed by atoms with van der Waals surface area (Å²) in [5.74, 6) is 0.319. The van der Waals surface area contributed by atoms with Crippen LogP contribution in [0.25, 0.3) is 5.57 Å². The molecule has 1 aliphatic heterocycles. The molecule has 176 valence electrons. The Bertz CT molecular complexity index is 789. The minimum Gasteiger partial charge on any atom is -0.497 e. The van der Waals surface area contributed by atoms with E-state index in [1.165, 1.54) is 11.3 Å². The molecule has 32 heavy (non-hydrogen) atoms. The number of carbonyl (C=O) groups is 2. The van der Waals surface area contributed by atoms with Crippen LogP contribution in [0.2, 0.25) is 0 Å². The van der Waals surface area contributed by atoms with Crippen LogP contribution in [-0.4, -0.2) is 75.3 Å². The number of nitrogens with zero attached hydrogens (tertiary/aromatic N) is 2. The van der Waals surface area contributed by atoms with E-state index in [1.54, 1.807) is 21.3 Å². The quantitative estimate of drug-likeness (QED) is 0.515. The second-order valence-electron chi connectivity index (χ2n) is 8.40. The summed E-state index contributed by atoms with van der Waals surface area (Å²) in [6, 6.07) is 7.31. The SMILES string of the molecule is COCCN(CCOC)C1=C(c2ccc(OC)cc2)C(=O)N(C2CCCCCCC2)C1=O. The Hall–Kier alpha value is -2.38. The number of carbonyl (C=O) groups excluding carboxylic acids is 2. The van der Waals surface area contributed by atoms with Gasteiger partial charge in [-0.1, -0.05) is 44.2 Å². The van der Waals surface area contributed by atoms with Crippen molar-refractivity contribution in [1.29, 1.82) is 0 Å². The van der Waals surface area contributed by atoms with E-state index in [2.05, 4.69) is 0 Å². The van der Waals surface area contributed by atoms with E-state index in [0.717, 1.165) is 44.1 Å². The molecule has 0 bridgehead atoms. The van der Waals surface area contributed by atoms with Gasteiger partial charge in [0.1, 0.15) is 11.4 Å². The van der Waals surface area contributed by atoms with Crippen LogP contribution in [0, 0.1) is 0 Å². The summed E-state index contributed by atoms with van der Waals surface area (Å²) in [4.78, 5) is 31.0. The maximum Gasteiger partial charge on any atom is 0.278 e. The van der Waals surface area contributed by atoms with Crippen LogP contribution in [0.5, 0.6) is 5.75 Å². The second-order valence-corrected chi connectivity index (χ2v) is 8.40. The van der Waals surface area contributed by atoms with Crippen LogP contribution < -0.4 is 4.74 Å². The van der Waals surface area contributed by atoms with Crippen LogP contribution in [0.4, 0.5) is 0 Å². The molecule has 1 saturated carbocycles. The van der Waals surface area contributed by atoms with Gasteiger partial charge < -0.3 is 19.1 Å². The van der Waals surface area contributed by atoms with Crippen molar-refractivity contribution in [1.82, 2.24) is 9.80 Å². The van der Waals surface area contributed by atoms with Gasteiger partial charge in [-0.25, -0.2) is 0 Å². The van der Waals surface area contributed by atoms with Crippen molar-refractivity contribution in [3.05, 3.63) is 35.5 Å². The van der Waals surface area contributed by atoms with Crippen LogP contribution in [-0.2, 0) is 19.1 Å². The van der Waals surface area contributed by atoms with Gasteiger partial charge in [-0.15, -0.1) is 0 Å². The Morgan fingerprint density at radius 2 is 1.41 bits per heavy atom. The van der Waals surface area contributed by atoms with Gasteiger partial charge in [0.25, 0.3) is 11.8 Å². The largest absolute Gasteiger partial charge is 0.497 e. The smallest absolute Gasteiger partial charge is 0.278 e. The molecule has 1 heterocycles. The lowest BCUT2D eigenvalue weighted by molar-refractivity contribution is -0.140. The zero-order chi connectivity index (χ0) is 22.9. The fourth-order valence-corrected chi connectivity index (χ4v) is 4.61. The number of rotatable bonds is 10. The van der Waals surface area contributed by atoms with E-state index in [9.17, 15) is 9.59 Å². The third-order valence-corrected chi connectivity index (χ3v) is 6.36. The van der Waals surface area contributed by atoms with Crippen molar-refractivity contribution >= 4 is 17.4 Å². The molecule has 1 fully saturated rings. The summed E-state index contributed by atoms with van der Waals surface area (Å²) < 4.78 is 15.9. The summed E-state index contributed by atoms with van der Waals surface area (Å²) in [6.07, 6.45) is 7.39. The summed E-state index contributed by atoms with van der Waals surface area (Å²) in [6.45, 7) is 1.92. The first-order valence-corrected chi connectivity index (χ1v) is 11.6. The van der Waals surface area contributed by atoms with Crippen molar-refractivity contribution in [3.63, 3.8) is 0 Å². The zero-order valence-electron chi connectivity index (χ0n) is 19.6. The normalized spacial score (nSPS) is 18.2. The van der Waals surface area contributed by atoms with Gasteiger partial charge in [0.15, 0.2) is 0 Å². The first kappa shape index (κ1) is 24.3. The Labute approximate surface area is 191 Å². The molecule has 0 saturated heterocycles. The highest BCUT2D eigenvalue weighted by Gasteiger charge is 2.44. The molecule has 7 nitrogen and oxygen atoms in total. The lowest BCUT2D eigenvalue weighted by Crippen LogP contribution is -2.43. The molecular formula is C25H36N2O5. The van der Waals surface area contributed by atoms with Crippen LogP contribution in [0.3, 0.4) is 0 Å². The molecule has 2 aliphatic rings. The topological polar surface area (TPSA) is 68.3 Å². The molecule has 0 spiro atoms. The molecule has 3 rings (SSSR count). The predicted octanol–water partition coefficient (Wildman–Crippen LogP) is 3.48. The Morgan fingerprint density at radius 1 is 0.844 bits per heavy atom. The van der Waals surface area contributed by atoms with Crippen molar-refractivity contribution in [2.24, 2.45) is 0 Å². The van der Waals surface area contributed by atoms with Crippen molar-refractivity contribution in [3.8, 4) is 5.75 Å². The lowest BCUT2D eigenvalue weighted by Gasteiger charge is -2.30. The van der Waals surface area contributed by atoms with Crippen molar-refractivity contribution < 1.29 is 23.8 Å². The summed E-state index contributed by atoms with van der Waals surface area (Å²) in [5, 5.41) is 0. The van der Waals surface area contributed by atoms with E-state index < -0.39 is 0 Å². The van der Waals surface area contributed by atoms with E-state index in [1.807, 2.05) is 29.2 Å². The van der Waals surface area contributed by atoms with Crippen LogP contribution in [0.1, 0.15) is 50.5 Å². The zero-order valence-corrected chi connectivity index (χ0v) is 19.6. The number of methoxy groups -OCH3 is 3. The highest BCUT2D eigenvalue weighted by molar-refractivity contribution is 6.35. The van der Waals surface area contributed by atoms with E-state index in [-0.39, 0.29) is 17.9 Å². The molecular weight excluding hydrogens is 408 g/mol. The highest BCUT2D eigenvalue weighted by atomic mass is 16.5. The van der Waals surface area contributed by atoms with Crippen LogP contribution >= 0.6 is 0 Å². The second kappa shape index (κ2) is 12.0. The average molecular weight is 445 g/mol. The number of imide groups is 1. The van der Waals surface area contributed by atoms with E-state index >= 15 is 0 Å². The molecule has 7 heteroatoms. The monoisotopic (exact) mass is 444 g/mol. The van der Waals surface area contributed by atoms with Gasteiger partial charge in [0.2, 0.25) is 0 Å². The molecule has 0 atom stereocenters. The minimum atomic E-state index is -0.196. The number of hydrogen-bond donors (Lipinski definition) is 0. The molecule has 0 radical (unpaired) electrons. The maximum absolute atomic E-state index is 13.8. The number of benzene rings is 1. The lowest BCUT2D eigenvalue weighted by atomic mass is 9.95. The summed E-state index contributed by atoms with van der Waals surface area (Å²) >= 11 is 0. The molecule has 0 aromatic heterocycles. The fraction of sp³-hybridized carbons (Fsp3) is 0.600. The van der Waals surface area contributed by atoms with Gasteiger partial charge in [0.05, 0.1) is 25.9 Å². The third kappa shape index (κ3) is 5.51. The first-order valence-electron chi connectivity index (χ1n) is 11.6. The van der Waals surface area contributed by atoms with Crippen LogP contribution in [0.15, 0.2) is 30.0 Å². The molecule has 1 aliphatic carbocycles. The van der Waals surface area contributed by atoms with Gasteiger partial charge in [-0.05, 0) is 30.5 Å². The first-order chi connectivity index (χ1) is 15.6. The van der Waals surface area contributed by atoms with Gasteiger partial charge in [0, 0.05) is 33.4 Å². The van der Waals surface area contributed by atoms with Gasteiger partial charge in [-0.2, -0.15) is 0 Å². The predicted molar refractivity (Wildman–Crippen MR) is 123 cm³/mol. The standard InChI is InChI=1S/C25H36N2O5/c1-30-17-15-26(16-18-31-2)23-22(19-11-13-21(32-3)14-12-19)24(28)27(25(23)29)20-9-7-5-4-6-8-10-20/h11-14,20H,4-10,15-18H2,1-3H3. The van der Waals surface area contributed by atoms with Crippen molar-refractivity contribution in [2.45, 2.75) is 51.0 Å². The van der Waals surface area contributed by atoms with Gasteiger partial charge in [-0.3, -0.25) is 14.5 Å². The molecule has 0 N–H and O–H groups in total. The Kier molecular flexibility index (Phi) is 9.11. The minimum absolute atomic E-state index is 0.0484. The number of ether oxygens (including phenoxy) is 3. The molecule has 1 aromatic carbocycles.